The first kappa shape index (κ1) is 20.9. The zero-order valence-electron chi connectivity index (χ0n) is 15.7. The van der Waals surface area contributed by atoms with Gasteiger partial charge in [0.25, 0.3) is 0 Å². The van der Waals surface area contributed by atoms with Crippen LogP contribution in [0.25, 0.3) is 0 Å². The smallest absolute Gasteiger partial charge is 0.332 e. The number of ether oxygens (including phenoxy) is 3. The van der Waals surface area contributed by atoms with Crippen LogP contribution >= 0.6 is 0 Å². The number of Topliss-reactive ketones (excluding diaryl/α,β-unsaturated/α-hetero) is 1. The third-order valence-corrected chi connectivity index (χ3v) is 4.15. The largest absolute Gasteiger partial charge is 0.497 e. The van der Waals surface area contributed by atoms with E-state index in [4.69, 9.17) is 14.2 Å². The second-order valence-corrected chi connectivity index (χ2v) is 5.74. The number of methoxy groups -OCH3 is 3. The Kier molecular flexibility index (Phi) is 7.11. The van der Waals surface area contributed by atoms with Crippen molar-refractivity contribution in [2.24, 2.45) is 5.92 Å². The van der Waals surface area contributed by atoms with Crippen LogP contribution in [0.4, 0.5) is 5.69 Å². The van der Waals surface area contributed by atoms with Crippen molar-refractivity contribution in [1.29, 1.82) is 0 Å². The summed E-state index contributed by atoms with van der Waals surface area (Å²) in [7, 11) is 3.67. The van der Waals surface area contributed by atoms with Gasteiger partial charge in [0, 0.05) is 5.56 Å². The number of hydrogen-bond donors (Lipinski definition) is 1. The molecule has 0 radical (unpaired) electrons. The second-order valence-electron chi connectivity index (χ2n) is 5.74. The summed E-state index contributed by atoms with van der Waals surface area (Å²) in [5, 5.41) is 11.2. The monoisotopic (exact) mass is 387 g/mol. The van der Waals surface area contributed by atoms with E-state index in [1.54, 1.807) is 30.3 Å². The van der Waals surface area contributed by atoms with Crippen molar-refractivity contribution >= 4 is 23.4 Å². The van der Waals surface area contributed by atoms with Crippen LogP contribution in [0.3, 0.4) is 0 Å². The van der Waals surface area contributed by atoms with Crippen molar-refractivity contribution in [2.45, 2.75) is 6.04 Å². The van der Waals surface area contributed by atoms with Crippen LogP contribution in [0, 0.1) is 5.92 Å². The molecule has 2 aromatic rings. The second kappa shape index (κ2) is 9.52. The quantitative estimate of drug-likeness (QED) is 0.318. The van der Waals surface area contributed by atoms with Crippen molar-refractivity contribution in [1.82, 2.24) is 0 Å². The summed E-state index contributed by atoms with van der Waals surface area (Å²) >= 11 is 0. The van der Waals surface area contributed by atoms with Crippen LogP contribution in [-0.2, 0) is 19.1 Å². The van der Waals surface area contributed by atoms with Gasteiger partial charge in [-0.15, -0.1) is 0 Å². The summed E-state index contributed by atoms with van der Waals surface area (Å²) in [5.74, 6) is -3.76. The van der Waals surface area contributed by atoms with Crippen molar-refractivity contribution in [3.8, 4) is 5.75 Å². The lowest BCUT2D eigenvalue weighted by atomic mass is 9.90. The van der Waals surface area contributed by atoms with Gasteiger partial charge in [-0.25, -0.2) is 9.86 Å². The van der Waals surface area contributed by atoms with E-state index in [9.17, 15) is 19.6 Å². The van der Waals surface area contributed by atoms with Crippen molar-refractivity contribution in [3.63, 3.8) is 0 Å². The lowest BCUT2D eigenvalue weighted by Crippen LogP contribution is -2.51. The van der Waals surface area contributed by atoms with Crippen LogP contribution in [0.15, 0.2) is 54.6 Å². The van der Waals surface area contributed by atoms with Gasteiger partial charge in [-0.05, 0) is 24.3 Å². The third kappa shape index (κ3) is 4.47. The van der Waals surface area contributed by atoms with Gasteiger partial charge in [-0.1, -0.05) is 30.3 Å². The zero-order valence-corrected chi connectivity index (χ0v) is 15.7. The molecule has 0 fully saturated rings. The Morgan fingerprint density at radius 2 is 1.43 bits per heavy atom. The molecule has 0 heterocycles. The van der Waals surface area contributed by atoms with Gasteiger partial charge in [-0.3, -0.25) is 14.8 Å². The summed E-state index contributed by atoms with van der Waals surface area (Å²) in [6.45, 7) is 0. The average Bonchev–Trinajstić information content (AvgIpc) is 2.76. The fourth-order valence-electron chi connectivity index (χ4n) is 2.68. The molecular formula is C20H21NO7. The zero-order chi connectivity index (χ0) is 20.7. The fourth-order valence-corrected chi connectivity index (χ4v) is 2.68. The summed E-state index contributed by atoms with van der Waals surface area (Å²) in [5.41, 5.74) is 0.348. The van der Waals surface area contributed by atoms with Crippen LogP contribution < -0.4 is 9.80 Å². The lowest BCUT2D eigenvalue weighted by molar-refractivity contribution is -0.153. The molecule has 0 aliphatic carbocycles. The molecule has 0 aliphatic heterocycles. The maximum atomic E-state index is 13.0. The molecular weight excluding hydrogens is 366 g/mol. The van der Waals surface area contributed by atoms with E-state index in [2.05, 4.69) is 0 Å². The van der Waals surface area contributed by atoms with Gasteiger partial charge in [0.1, 0.15) is 5.75 Å². The van der Waals surface area contributed by atoms with E-state index >= 15 is 0 Å². The Hall–Kier alpha value is -3.39. The van der Waals surface area contributed by atoms with Gasteiger partial charge in [0.2, 0.25) is 0 Å². The number of hydroxylamine groups is 1. The Balaban J connectivity index is 2.49. The highest BCUT2D eigenvalue weighted by Gasteiger charge is 2.45. The van der Waals surface area contributed by atoms with E-state index in [0.717, 1.165) is 14.2 Å². The average molecular weight is 387 g/mol. The van der Waals surface area contributed by atoms with Crippen LogP contribution in [-0.4, -0.2) is 50.3 Å². The highest BCUT2D eigenvalue weighted by Crippen LogP contribution is 2.26. The van der Waals surface area contributed by atoms with Crippen molar-refractivity contribution < 1.29 is 33.8 Å². The first-order valence-electron chi connectivity index (χ1n) is 8.31. The summed E-state index contributed by atoms with van der Waals surface area (Å²) < 4.78 is 14.5. The number of rotatable bonds is 8. The molecule has 2 rings (SSSR count). The van der Waals surface area contributed by atoms with E-state index in [-0.39, 0.29) is 11.3 Å². The molecule has 8 heteroatoms. The molecule has 148 valence electrons. The maximum absolute atomic E-state index is 13.0. The highest BCUT2D eigenvalue weighted by atomic mass is 16.5. The molecule has 1 N–H and O–H groups in total. The van der Waals surface area contributed by atoms with E-state index in [0.29, 0.717) is 10.8 Å². The van der Waals surface area contributed by atoms with Gasteiger partial charge in [0.15, 0.2) is 17.7 Å². The molecule has 28 heavy (non-hydrogen) atoms. The molecule has 0 saturated heterocycles. The predicted octanol–water partition coefficient (Wildman–Crippen LogP) is 2.10. The van der Waals surface area contributed by atoms with Crippen molar-refractivity contribution in [3.05, 3.63) is 60.2 Å². The highest BCUT2D eigenvalue weighted by molar-refractivity contribution is 6.12. The summed E-state index contributed by atoms with van der Waals surface area (Å²) in [6.07, 6.45) is 0. The van der Waals surface area contributed by atoms with Gasteiger partial charge < -0.3 is 14.2 Å². The van der Waals surface area contributed by atoms with E-state index < -0.39 is 29.7 Å². The molecule has 0 amide bonds. The molecule has 0 saturated carbocycles. The number of esters is 2. The predicted molar refractivity (Wildman–Crippen MR) is 99.3 cm³/mol. The van der Waals surface area contributed by atoms with Crippen molar-refractivity contribution in [2.75, 3.05) is 26.4 Å². The Labute approximate surface area is 162 Å². The Bertz CT molecular complexity index is 820. The minimum Gasteiger partial charge on any atom is -0.497 e. The Morgan fingerprint density at radius 3 is 1.93 bits per heavy atom. The Morgan fingerprint density at radius 1 is 0.857 bits per heavy atom. The molecule has 8 nitrogen and oxygen atoms in total. The molecule has 0 aromatic heterocycles. The normalized spacial score (nSPS) is 12.4. The number of carbonyl (C=O) groups excluding carboxylic acids is 3. The van der Waals surface area contributed by atoms with Gasteiger partial charge in [-0.2, -0.15) is 0 Å². The molecule has 2 atom stereocenters. The van der Waals surface area contributed by atoms with Crippen LogP contribution in [0.1, 0.15) is 10.4 Å². The molecule has 2 aromatic carbocycles. The minimum atomic E-state index is -1.65. The van der Waals surface area contributed by atoms with E-state index in [1.165, 1.54) is 31.4 Å². The summed E-state index contributed by atoms with van der Waals surface area (Å²) in [6, 6.07) is 12.3. The SMILES string of the molecule is COC(=O)C(C(=O)c1ccccc1)C(C(=O)OC)N(O)c1ccc(OC)cc1. The number of hydrogen-bond acceptors (Lipinski definition) is 8. The third-order valence-electron chi connectivity index (χ3n) is 4.15. The molecule has 0 bridgehead atoms. The minimum absolute atomic E-state index is 0.158. The van der Waals surface area contributed by atoms with Crippen LogP contribution in [0.2, 0.25) is 0 Å². The van der Waals surface area contributed by atoms with Gasteiger partial charge in [0.05, 0.1) is 27.0 Å². The van der Waals surface area contributed by atoms with Crippen LogP contribution in [0.5, 0.6) is 5.75 Å². The molecule has 0 spiro atoms. The first-order valence-corrected chi connectivity index (χ1v) is 8.31. The lowest BCUT2D eigenvalue weighted by Gasteiger charge is -2.30. The number of nitrogens with zero attached hydrogens (tertiary/aromatic N) is 1. The van der Waals surface area contributed by atoms with E-state index in [1.807, 2.05) is 0 Å². The molecule has 2 unspecified atom stereocenters. The standard InChI is InChI=1S/C20H21NO7/c1-26-15-11-9-14(10-12-15)21(25)17(20(24)28-3)16(19(23)27-2)18(22)13-7-5-4-6-8-13/h4-12,16-17,25H,1-3H3. The number of anilines is 1. The summed E-state index contributed by atoms with van der Waals surface area (Å²) in [4.78, 5) is 37.8. The molecule has 0 aliphatic rings. The topological polar surface area (TPSA) is 102 Å². The first-order chi connectivity index (χ1) is 13.4. The maximum Gasteiger partial charge on any atom is 0.332 e. The number of benzene rings is 2. The van der Waals surface area contributed by atoms with Gasteiger partial charge >= 0.3 is 11.9 Å². The number of ketones is 1. The number of carbonyl (C=O) groups is 3. The fraction of sp³-hybridized carbons (Fsp3) is 0.250.